The standard InChI is InChI=1S/C30H36N4O6/c1-5-13-31-30(38)33-27(18(2)3)28(35)34-17-21(15-25(34)29(36)37)40-26-16-23(19-9-7-6-8-10-19)32-24-14-20(39-4)11-12-22(24)26/h6-12,14,16,18,21,25,27H,5,13,15,17H2,1-4H3,(H,36,37)(H2,31,33,38). The van der Waals surface area contributed by atoms with Gasteiger partial charge in [-0.3, -0.25) is 4.79 Å². The van der Waals surface area contributed by atoms with Crippen molar-refractivity contribution in [3.05, 3.63) is 54.6 Å². The zero-order chi connectivity index (χ0) is 28.8. The molecule has 0 spiro atoms. The van der Waals surface area contributed by atoms with Gasteiger partial charge in [0, 0.05) is 36.0 Å². The number of fused-ring (bicyclic) bond motifs is 1. The highest BCUT2D eigenvalue weighted by atomic mass is 16.5. The van der Waals surface area contributed by atoms with E-state index in [0.29, 0.717) is 29.3 Å². The van der Waals surface area contributed by atoms with Crippen molar-refractivity contribution in [2.45, 2.75) is 51.8 Å². The molecule has 1 aliphatic rings. The fraction of sp³-hybridized carbons (Fsp3) is 0.400. The van der Waals surface area contributed by atoms with E-state index >= 15 is 0 Å². The molecule has 0 bridgehead atoms. The minimum absolute atomic E-state index is 0.0674. The van der Waals surface area contributed by atoms with E-state index in [1.807, 2.05) is 75.4 Å². The number of carboxylic acids is 1. The number of hydrogen-bond acceptors (Lipinski definition) is 6. The van der Waals surface area contributed by atoms with Crippen molar-refractivity contribution in [1.82, 2.24) is 20.5 Å². The summed E-state index contributed by atoms with van der Waals surface area (Å²) in [6.45, 7) is 6.09. The van der Waals surface area contributed by atoms with Crippen molar-refractivity contribution in [2.75, 3.05) is 20.2 Å². The molecule has 40 heavy (non-hydrogen) atoms. The quantitative estimate of drug-likeness (QED) is 0.348. The molecular formula is C30H36N4O6. The Morgan fingerprint density at radius 3 is 2.52 bits per heavy atom. The first-order valence-corrected chi connectivity index (χ1v) is 13.5. The Morgan fingerprint density at radius 2 is 1.88 bits per heavy atom. The lowest BCUT2D eigenvalue weighted by Gasteiger charge is -2.29. The molecule has 3 atom stereocenters. The van der Waals surface area contributed by atoms with E-state index in [0.717, 1.165) is 17.4 Å². The molecule has 3 amide bonds. The molecule has 4 rings (SSSR count). The van der Waals surface area contributed by atoms with Crippen LogP contribution in [0.4, 0.5) is 4.79 Å². The first-order chi connectivity index (χ1) is 19.2. The van der Waals surface area contributed by atoms with Crippen LogP contribution in [0.15, 0.2) is 54.6 Å². The molecule has 2 heterocycles. The fourth-order valence-corrected chi connectivity index (χ4v) is 4.82. The van der Waals surface area contributed by atoms with Crippen molar-refractivity contribution in [3.8, 4) is 22.8 Å². The summed E-state index contributed by atoms with van der Waals surface area (Å²) in [5.41, 5.74) is 2.26. The number of carbonyl (C=O) groups is 3. The van der Waals surface area contributed by atoms with Gasteiger partial charge in [0.2, 0.25) is 5.91 Å². The molecule has 1 aromatic heterocycles. The van der Waals surface area contributed by atoms with Crippen LogP contribution in [0, 0.1) is 5.92 Å². The van der Waals surface area contributed by atoms with Gasteiger partial charge < -0.3 is 30.1 Å². The van der Waals surface area contributed by atoms with E-state index in [1.54, 1.807) is 7.11 Å². The summed E-state index contributed by atoms with van der Waals surface area (Å²) in [7, 11) is 1.59. The minimum Gasteiger partial charge on any atom is -0.497 e. The fourth-order valence-electron chi connectivity index (χ4n) is 4.82. The van der Waals surface area contributed by atoms with Gasteiger partial charge in [0.25, 0.3) is 0 Å². The van der Waals surface area contributed by atoms with Crippen molar-refractivity contribution >= 4 is 28.8 Å². The van der Waals surface area contributed by atoms with Crippen LogP contribution in [-0.4, -0.2) is 71.3 Å². The zero-order valence-corrected chi connectivity index (χ0v) is 23.2. The van der Waals surface area contributed by atoms with E-state index in [-0.39, 0.29) is 18.9 Å². The average molecular weight is 549 g/mol. The first-order valence-electron chi connectivity index (χ1n) is 13.5. The van der Waals surface area contributed by atoms with Crippen LogP contribution < -0.4 is 20.1 Å². The van der Waals surface area contributed by atoms with Crippen LogP contribution in [-0.2, 0) is 9.59 Å². The number of benzene rings is 2. The molecule has 10 heteroatoms. The van der Waals surface area contributed by atoms with Crippen molar-refractivity contribution in [1.29, 1.82) is 0 Å². The van der Waals surface area contributed by atoms with Crippen LogP contribution in [0.1, 0.15) is 33.6 Å². The van der Waals surface area contributed by atoms with E-state index < -0.39 is 36.1 Å². The van der Waals surface area contributed by atoms with Gasteiger partial charge in [-0.2, -0.15) is 0 Å². The van der Waals surface area contributed by atoms with Crippen LogP contribution in [0.3, 0.4) is 0 Å². The number of nitrogens with one attached hydrogen (secondary N) is 2. The lowest BCUT2D eigenvalue weighted by atomic mass is 10.0. The van der Waals surface area contributed by atoms with Crippen LogP contribution in [0.2, 0.25) is 0 Å². The number of aliphatic carboxylic acids is 1. The summed E-state index contributed by atoms with van der Waals surface area (Å²) >= 11 is 0. The number of ether oxygens (including phenoxy) is 2. The van der Waals surface area contributed by atoms with Gasteiger partial charge >= 0.3 is 12.0 Å². The second kappa shape index (κ2) is 12.7. The Labute approximate surface area is 233 Å². The number of rotatable bonds is 10. The smallest absolute Gasteiger partial charge is 0.326 e. The Bertz CT molecular complexity index is 1360. The lowest BCUT2D eigenvalue weighted by Crippen LogP contribution is -2.55. The lowest BCUT2D eigenvalue weighted by molar-refractivity contribution is -0.149. The van der Waals surface area contributed by atoms with Crippen molar-refractivity contribution in [2.24, 2.45) is 5.92 Å². The number of pyridine rings is 1. The normalized spacial score (nSPS) is 17.5. The van der Waals surface area contributed by atoms with Crippen molar-refractivity contribution < 1.29 is 29.0 Å². The highest BCUT2D eigenvalue weighted by Gasteiger charge is 2.44. The average Bonchev–Trinajstić information content (AvgIpc) is 3.38. The molecule has 3 N–H and O–H groups in total. The van der Waals surface area contributed by atoms with Gasteiger partial charge in [0.05, 0.1) is 24.9 Å². The predicted octanol–water partition coefficient (Wildman–Crippen LogP) is 4.08. The molecule has 3 unspecified atom stereocenters. The molecule has 0 aliphatic carbocycles. The maximum Gasteiger partial charge on any atom is 0.326 e. The number of nitrogens with zero attached hydrogens (tertiary/aromatic N) is 2. The molecule has 0 saturated carbocycles. The SMILES string of the molecule is CCCNC(=O)NC(C(=O)N1CC(Oc2cc(-c3ccccc3)nc3cc(OC)ccc23)CC1C(=O)O)C(C)C. The summed E-state index contributed by atoms with van der Waals surface area (Å²) in [6.07, 6.45) is 0.278. The summed E-state index contributed by atoms with van der Waals surface area (Å²) in [6, 6.07) is 14.6. The van der Waals surface area contributed by atoms with Gasteiger partial charge in [-0.05, 0) is 24.5 Å². The zero-order valence-electron chi connectivity index (χ0n) is 23.2. The van der Waals surface area contributed by atoms with E-state index in [2.05, 4.69) is 10.6 Å². The number of urea groups is 1. The number of carboxylic acid groups (broad SMARTS) is 1. The Hall–Kier alpha value is -4.34. The summed E-state index contributed by atoms with van der Waals surface area (Å²) in [4.78, 5) is 44.2. The van der Waals surface area contributed by atoms with Crippen LogP contribution in [0.25, 0.3) is 22.2 Å². The van der Waals surface area contributed by atoms with Gasteiger partial charge in [-0.25, -0.2) is 14.6 Å². The number of likely N-dealkylation sites (tertiary alicyclic amines) is 1. The number of methoxy groups -OCH3 is 1. The molecule has 3 aromatic rings. The third-order valence-electron chi connectivity index (χ3n) is 6.93. The maximum absolute atomic E-state index is 13.6. The summed E-state index contributed by atoms with van der Waals surface area (Å²) in [5, 5.41) is 16.1. The maximum atomic E-state index is 13.6. The molecule has 1 saturated heterocycles. The predicted molar refractivity (Wildman–Crippen MR) is 151 cm³/mol. The molecular weight excluding hydrogens is 512 g/mol. The summed E-state index contributed by atoms with van der Waals surface area (Å²) < 4.78 is 11.8. The number of amides is 3. The molecule has 0 radical (unpaired) electrons. The number of aromatic nitrogens is 1. The largest absolute Gasteiger partial charge is 0.497 e. The minimum atomic E-state index is -1.12. The van der Waals surface area contributed by atoms with Crippen LogP contribution in [0.5, 0.6) is 11.5 Å². The topological polar surface area (TPSA) is 130 Å². The second-order valence-electron chi connectivity index (χ2n) is 10.2. The highest BCUT2D eigenvalue weighted by molar-refractivity contribution is 5.91. The van der Waals surface area contributed by atoms with Gasteiger partial charge in [0.15, 0.2) is 0 Å². The Morgan fingerprint density at radius 1 is 1.12 bits per heavy atom. The molecule has 10 nitrogen and oxygen atoms in total. The van der Waals surface area contributed by atoms with Gasteiger partial charge in [0.1, 0.15) is 29.7 Å². The van der Waals surface area contributed by atoms with E-state index in [1.165, 1.54) is 4.90 Å². The number of carbonyl (C=O) groups excluding carboxylic acids is 2. The molecule has 212 valence electrons. The van der Waals surface area contributed by atoms with E-state index in [4.69, 9.17) is 14.5 Å². The molecule has 2 aromatic carbocycles. The van der Waals surface area contributed by atoms with Crippen LogP contribution >= 0.6 is 0 Å². The molecule has 1 fully saturated rings. The molecule has 1 aliphatic heterocycles. The summed E-state index contributed by atoms with van der Waals surface area (Å²) in [5.74, 6) is -0.634. The second-order valence-corrected chi connectivity index (χ2v) is 10.2. The van der Waals surface area contributed by atoms with Gasteiger partial charge in [-0.15, -0.1) is 0 Å². The van der Waals surface area contributed by atoms with E-state index in [9.17, 15) is 19.5 Å². The third kappa shape index (κ3) is 6.44. The Kier molecular flexibility index (Phi) is 9.08. The van der Waals surface area contributed by atoms with Gasteiger partial charge in [-0.1, -0.05) is 51.1 Å². The first kappa shape index (κ1) is 28.7. The highest BCUT2D eigenvalue weighted by Crippen LogP contribution is 2.34. The Balaban J connectivity index is 1.62. The third-order valence-corrected chi connectivity index (χ3v) is 6.93. The van der Waals surface area contributed by atoms with Crippen molar-refractivity contribution in [3.63, 3.8) is 0 Å². The monoisotopic (exact) mass is 548 g/mol. The number of hydrogen-bond donors (Lipinski definition) is 3.